The van der Waals surface area contributed by atoms with E-state index >= 15 is 0 Å². The number of methoxy groups -OCH3 is 1. The van der Waals surface area contributed by atoms with E-state index in [1.165, 1.54) is 16.7 Å². The average Bonchev–Trinajstić information content (AvgIpc) is 3.27. The Balaban J connectivity index is 1.54. The summed E-state index contributed by atoms with van der Waals surface area (Å²) in [6.45, 7) is 10.4. The summed E-state index contributed by atoms with van der Waals surface area (Å²) in [6.07, 6.45) is 3.58. The number of carbonyl (C=O) groups excluding carboxylic acids is 1. The minimum atomic E-state index is -0.234. The highest BCUT2D eigenvalue weighted by atomic mass is 16.5. The molecule has 0 aliphatic carbocycles. The maximum absolute atomic E-state index is 12.3. The van der Waals surface area contributed by atoms with Crippen molar-refractivity contribution in [2.45, 2.75) is 64.6 Å². The van der Waals surface area contributed by atoms with E-state index in [0.29, 0.717) is 25.9 Å². The van der Waals surface area contributed by atoms with Crippen molar-refractivity contribution in [2.75, 3.05) is 40.0 Å². The van der Waals surface area contributed by atoms with Crippen LogP contribution < -0.4 is 10.1 Å². The van der Waals surface area contributed by atoms with Gasteiger partial charge in [-0.3, -0.25) is 9.69 Å². The lowest BCUT2D eigenvalue weighted by Gasteiger charge is -2.37. The molecule has 1 N–H and O–H groups in total. The molecule has 2 atom stereocenters. The normalized spacial score (nSPS) is 21.9. The van der Waals surface area contributed by atoms with Gasteiger partial charge < -0.3 is 19.5 Å². The Morgan fingerprint density at radius 2 is 1.97 bits per heavy atom. The van der Waals surface area contributed by atoms with Gasteiger partial charge >= 0.3 is 0 Å². The first-order chi connectivity index (χ1) is 14.0. The second-order valence-corrected chi connectivity index (χ2v) is 8.24. The average molecular weight is 405 g/mol. The summed E-state index contributed by atoms with van der Waals surface area (Å²) in [5.41, 5.74) is 3.84. The van der Waals surface area contributed by atoms with Crippen LogP contribution in [-0.4, -0.2) is 63.0 Å². The second kappa shape index (κ2) is 10.4. The molecule has 1 aromatic carbocycles. The number of benzene rings is 1. The standard InChI is InChI=1S/C23H36N2O4/c1-16-17(2)21(29-15-14-27-4)8-7-20(16)18(3)25-11-9-19(10-12-25)24-23(26)22-6-5-13-28-22/h7-8,18-19,22H,5-6,9-15H2,1-4H3,(H,24,26). The molecular formula is C23H36N2O4. The molecule has 0 bridgehead atoms. The third-order valence-corrected chi connectivity index (χ3v) is 6.42. The number of rotatable bonds is 8. The van der Waals surface area contributed by atoms with E-state index in [2.05, 4.69) is 43.1 Å². The number of ether oxygens (including phenoxy) is 3. The van der Waals surface area contributed by atoms with Crippen LogP contribution in [0.15, 0.2) is 12.1 Å². The highest BCUT2D eigenvalue weighted by Gasteiger charge is 2.29. The molecule has 2 heterocycles. The molecule has 2 saturated heterocycles. The zero-order chi connectivity index (χ0) is 20.8. The Morgan fingerprint density at radius 1 is 1.21 bits per heavy atom. The number of nitrogens with zero attached hydrogens (tertiary/aromatic N) is 1. The van der Waals surface area contributed by atoms with E-state index in [1.807, 2.05) is 0 Å². The highest BCUT2D eigenvalue weighted by molar-refractivity contribution is 5.81. The van der Waals surface area contributed by atoms with Crippen molar-refractivity contribution < 1.29 is 19.0 Å². The zero-order valence-electron chi connectivity index (χ0n) is 18.3. The molecular weight excluding hydrogens is 368 g/mol. The quantitative estimate of drug-likeness (QED) is 0.675. The van der Waals surface area contributed by atoms with Gasteiger partial charge in [-0.1, -0.05) is 6.07 Å². The Kier molecular flexibility index (Phi) is 7.92. The minimum absolute atomic E-state index is 0.0736. The molecule has 0 saturated carbocycles. The van der Waals surface area contributed by atoms with Gasteiger partial charge in [0.05, 0.1) is 6.61 Å². The number of piperidine rings is 1. The molecule has 0 spiro atoms. The Hall–Kier alpha value is -1.63. The van der Waals surface area contributed by atoms with Crippen LogP contribution >= 0.6 is 0 Å². The number of carbonyl (C=O) groups is 1. The SMILES string of the molecule is COCCOc1ccc(C(C)N2CCC(NC(=O)C3CCCO3)CC2)c(C)c1C. The predicted molar refractivity (Wildman–Crippen MR) is 113 cm³/mol. The van der Waals surface area contributed by atoms with Gasteiger partial charge in [0.25, 0.3) is 0 Å². The topological polar surface area (TPSA) is 60.0 Å². The van der Waals surface area contributed by atoms with Gasteiger partial charge in [0.15, 0.2) is 0 Å². The Labute approximate surface area is 174 Å². The fourth-order valence-corrected chi connectivity index (χ4v) is 4.37. The van der Waals surface area contributed by atoms with Crippen molar-refractivity contribution in [3.63, 3.8) is 0 Å². The predicted octanol–water partition coefficient (Wildman–Crippen LogP) is 3.15. The lowest BCUT2D eigenvalue weighted by Crippen LogP contribution is -2.47. The zero-order valence-corrected chi connectivity index (χ0v) is 18.3. The third-order valence-electron chi connectivity index (χ3n) is 6.42. The first-order valence-electron chi connectivity index (χ1n) is 10.9. The van der Waals surface area contributed by atoms with E-state index in [-0.39, 0.29) is 18.1 Å². The Morgan fingerprint density at radius 3 is 2.62 bits per heavy atom. The smallest absolute Gasteiger partial charge is 0.249 e. The number of likely N-dealkylation sites (tertiary alicyclic amines) is 1. The van der Waals surface area contributed by atoms with Gasteiger partial charge in [-0.05, 0) is 69.2 Å². The van der Waals surface area contributed by atoms with Crippen LogP contribution in [0.25, 0.3) is 0 Å². The van der Waals surface area contributed by atoms with Crippen molar-refractivity contribution in [1.29, 1.82) is 0 Å². The Bertz CT molecular complexity index is 680. The van der Waals surface area contributed by atoms with E-state index < -0.39 is 0 Å². The lowest BCUT2D eigenvalue weighted by molar-refractivity contribution is -0.131. The summed E-state index contributed by atoms with van der Waals surface area (Å²) in [5.74, 6) is 1.01. The molecule has 2 aliphatic rings. The van der Waals surface area contributed by atoms with Crippen molar-refractivity contribution in [3.05, 3.63) is 28.8 Å². The summed E-state index contributed by atoms with van der Waals surface area (Å²) in [7, 11) is 1.68. The summed E-state index contributed by atoms with van der Waals surface area (Å²) >= 11 is 0. The van der Waals surface area contributed by atoms with Crippen LogP contribution in [0.4, 0.5) is 0 Å². The molecule has 6 heteroatoms. The molecule has 0 aromatic heterocycles. The molecule has 1 aromatic rings. The van der Waals surface area contributed by atoms with Gasteiger partial charge in [0, 0.05) is 38.9 Å². The van der Waals surface area contributed by atoms with Crippen LogP contribution in [0, 0.1) is 13.8 Å². The maximum atomic E-state index is 12.3. The van der Waals surface area contributed by atoms with Crippen molar-refractivity contribution in [2.24, 2.45) is 0 Å². The van der Waals surface area contributed by atoms with Gasteiger partial charge in [-0.15, -0.1) is 0 Å². The minimum Gasteiger partial charge on any atom is -0.491 e. The number of hydrogen-bond acceptors (Lipinski definition) is 5. The number of nitrogens with one attached hydrogen (secondary N) is 1. The largest absolute Gasteiger partial charge is 0.491 e. The fraction of sp³-hybridized carbons (Fsp3) is 0.696. The van der Waals surface area contributed by atoms with Crippen molar-refractivity contribution >= 4 is 5.91 Å². The van der Waals surface area contributed by atoms with Crippen molar-refractivity contribution in [3.8, 4) is 5.75 Å². The van der Waals surface area contributed by atoms with Crippen LogP contribution in [0.2, 0.25) is 0 Å². The van der Waals surface area contributed by atoms with E-state index in [9.17, 15) is 4.79 Å². The number of amides is 1. The van der Waals surface area contributed by atoms with E-state index in [0.717, 1.165) is 44.5 Å². The van der Waals surface area contributed by atoms with Crippen LogP contribution in [0.5, 0.6) is 5.75 Å². The molecule has 29 heavy (non-hydrogen) atoms. The van der Waals surface area contributed by atoms with Crippen LogP contribution in [0.3, 0.4) is 0 Å². The lowest BCUT2D eigenvalue weighted by atomic mass is 9.94. The summed E-state index contributed by atoms with van der Waals surface area (Å²) in [4.78, 5) is 14.8. The summed E-state index contributed by atoms with van der Waals surface area (Å²) < 4.78 is 16.4. The van der Waals surface area contributed by atoms with Gasteiger partial charge in [-0.25, -0.2) is 0 Å². The molecule has 162 valence electrons. The van der Waals surface area contributed by atoms with E-state index in [1.54, 1.807) is 7.11 Å². The molecule has 6 nitrogen and oxygen atoms in total. The summed E-state index contributed by atoms with van der Waals surface area (Å²) in [6, 6.07) is 4.88. The molecule has 0 radical (unpaired) electrons. The monoisotopic (exact) mass is 404 g/mol. The fourth-order valence-electron chi connectivity index (χ4n) is 4.37. The second-order valence-electron chi connectivity index (χ2n) is 8.24. The van der Waals surface area contributed by atoms with Gasteiger partial charge in [0.1, 0.15) is 18.5 Å². The molecule has 1 amide bonds. The number of hydrogen-bond donors (Lipinski definition) is 1. The third kappa shape index (κ3) is 5.50. The molecule has 2 aliphatic heterocycles. The summed E-state index contributed by atoms with van der Waals surface area (Å²) in [5, 5.41) is 3.19. The van der Waals surface area contributed by atoms with Crippen LogP contribution in [0.1, 0.15) is 55.3 Å². The molecule has 2 fully saturated rings. The molecule has 2 unspecified atom stereocenters. The van der Waals surface area contributed by atoms with Crippen molar-refractivity contribution in [1.82, 2.24) is 10.2 Å². The van der Waals surface area contributed by atoms with Gasteiger partial charge in [-0.2, -0.15) is 0 Å². The first-order valence-corrected chi connectivity index (χ1v) is 10.9. The van der Waals surface area contributed by atoms with E-state index in [4.69, 9.17) is 14.2 Å². The first kappa shape index (κ1) is 22.1. The maximum Gasteiger partial charge on any atom is 0.249 e. The highest BCUT2D eigenvalue weighted by Crippen LogP contribution is 2.32. The van der Waals surface area contributed by atoms with Gasteiger partial charge in [0.2, 0.25) is 5.91 Å². The molecule has 3 rings (SSSR count). The van der Waals surface area contributed by atoms with Crippen LogP contribution in [-0.2, 0) is 14.3 Å².